The predicted octanol–water partition coefficient (Wildman–Crippen LogP) is 3.29. The van der Waals surface area contributed by atoms with Gasteiger partial charge in [0.05, 0.1) is 5.02 Å². The molecule has 0 aliphatic carbocycles. The Morgan fingerprint density at radius 2 is 2.16 bits per heavy atom. The van der Waals surface area contributed by atoms with Gasteiger partial charge in [0, 0.05) is 18.1 Å². The highest BCUT2D eigenvalue weighted by atomic mass is 35.5. The molecule has 19 heavy (non-hydrogen) atoms. The summed E-state index contributed by atoms with van der Waals surface area (Å²) in [7, 11) is 0. The summed E-state index contributed by atoms with van der Waals surface area (Å²) in [5.41, 5.74) is 1.24. The molecular weight excluding hydrogens is 285 g/mol. The Kier molecular flexibility index (Phi) is 7.24. The summed E-state index contributed by atoms with van der Waals surface area (Å²) in [4.78, 5) is 0. The highest BCUT2D eigenvalue weighted by Crippen LogP contribution is 2.27. The molecule has 0 aliphatic rings. The first kappa shape index (κ1) is 16.3. The average molecular weight is 304 g/mol. The van der Waals surface area contributed by atoms with E-state index in [2.05, 4.69) is 11.4 Å². The van der Waals surface area contributed by atoms with Crippen LogP contribution < -0.4 is 10.1 Å². The summed E-state index contributed by atoms with van der Waals surface area (Å²) in [6.07, 6.45) is 1.47. The van der Waals surface area contributed by atoms with E-state index in [1.54, 1.807) is 18.2 Å². The molecule has 0 fully saturated rings. The fraction of sp³-hybridized carbons (Fsp3) is 0.429. The smallest absolute Gasteiger partial charge is 0.138 e. The van der Waals surface area contributed by atoms with E-state index < -0.39 is 6.10 Å². The lowest BCUT2D eigenvalue weighted by Crippen LogP contribution is -2.31. The van der Waals surface area contributed by atoms with Gasteiger partial charge in [-0.05, 0) is 32.0 Å². The van der Waals surface area contributed by atoms with E-state index in [9.17, 15) is 5.11 Å². The van der Waals surface area contributed by atoms with Gasteiger partial charge in [0.25, 0.3) is 0 Å². The van der Waals surface area contributed by atoms with Gasteiger partial charge >= 0.3 is 0 Å². The molecule has 0 heterocycles. The van der Waals surface area contributed by atoms with Gasteiger partial charge in [0.2, 0.25) is 0 Å². The van der Waals surface area contributed by atoms with Gasteiger partial charge in [-0.3, -0.25) is 0 Å². The van der Waals surface area contributed by atoms with Gasteiger partial charge in [-0.15, -0.1) is 0 Å². The number of benzene rings is 1. The Balaban J connectivity index is 2.29. The van der Waals surface area contributed by atoms with E-state index in [0.29, 0.717) is 22.3 Å². The fourth-order valence-electron chi connectivity index (χ4n) is 1.36. The van der Waals surface area contributed by atoms with Crippen molar-refractivity contribution in [3.63, 3.8) is 0 Å². The summed E-state index contributed by atoms with van der Waals surface area (Å²) in [5.74, 6) is 0.523. The Labute approximate surface area is 124 Å². The van der Waals surface area contributed by atoms with Gasteiger partial charge in [-0.1, -0.05) is 34.9 Å². The first-order chi connectivity index (χ1) is 8.99. The summed E-state index contributed by atoms with van der Waals surface area (Å²) < 4.78 is 5.44. The van der Waals surface area contributed by atoms with Crippen molar-refractivity contribution in [1.29, 1.82) is 0 Å². The molecular formula is C14H19Cl2NO2. The van der Waals surface area contributed by atoms with E-state index in [-0.39, 0.29) is 6.61 Å². The molecule has 0 saturated carbocycles. The number of ether oxygens (including phenoxy) is 1. The first-order valence-electron chi connectivity index (χ1n) is 6.09. The molecule has 1 rings (SSSR count). The van der Waals surface area contributed by atoms with E-state index in [4.69, 9.17) is 27.9 Å². The average Bonchev–Trinajstić information content (AvgIpc) is 2.33. The lowest BCUT2D eigenvalue weighted by molar-refractivity contribution is 0.107. The van der Waals surface area contributed by atoms with Crippen molar-refractivity contribution in [2.75, 3.05) is 19.7 Å². The number of nitrogens with one attached hydrogen (secondary N) is 1. The Bertz CT molecular complexity index is 431. The number of allylic oxidation sites excluding steroid dienone is 1. The largest absolute Gasteiger partial charge is 0.489 e. The van der Waals surface area contributed by atoms with Crippen molar-refractivity contribution in [2.45, 2.75) is 20.0 Å². The number of aliphatic hydroxyl groups is 1. The minimum Gasteiger partial charge on any atom is -0.489 e. The number of rotatable bonds is 7. The molecule has 3 nitrogen and oxygen atoms in total. The molecule has 5 heteroatoms. The normalized spacial score (nSPS) is 12.1. The van der Waals surface area contributed by atoms with Crippen LogP contribution in [0.4, 0.5) is 0 Å². The van der Waals surface area contributed by atoms with Crippen molar-refractivity contribution in [3.8, 4) is 5.75 Å². The zero-order valence-electron chi connectivity index (χ0n) is 11.1. The van der Waals surface area contributed by atoms with Crippen LogP contribution in [0.1, 0.15) is 13.8 Å². The van der Waals surface area contributed by atoms with Crippen LogP contribution in [-0.4, -0.2) is 30.9 Å². The lowest BCUT2D eigenvalue weighted by Gasteiger charge is -2.13. The second-order valence-electron chi connectivity index (χ2n) is 4.48. The van der Waals surface area contributed by atoms with Crippen molar-refractivity contribution < 1.29 is 9.84 Å². The molecule has 2 N–H and O–H groups in total. The first-order valence-corrected chi connectivity index (χ1v) is 6.84. The maximum Gasteiger partial charge on any atom is 0.138 e. The van der Waals surface area contributed by atoms with Crippen LogP contribution in [0, 0.1) is 0 Å². The van der Waals surface area contributed by atoms with Crippen LogP contribution in [0.3, 0.4) is 0 Å². The number of halogens is 2. The third kappa shape index (κ3) is 6.83. The molecule has 0 spiro atoms. The van der Waals surface area contributed by atoms with E-state index in [1.807, 2.05) is 13.8 Å². The molecule has 0 radical (unpaired) electrons. The van der Waals surface area contributed by atoms with Crippen molar-refractivity contribution in [2.24, 2.45) is 0 Å². The SMILES string of the molecule is CC(C)=CCNCC(O)COc1ccc(Cl)cc1Cl. The van der Waals surface area contributed by atoms with Crippen molar-refractivity contribution >= 4 is 23.2 Å². The van der Waals surface area contributed by atoms with Crippen molar-refractivity contribution in [1.82, 2.24) is 5.32 Å². The lowest BCUT2D eigenvalue weighted by atomic mass is 10.3. The number of aliphatic hydroxyl groups excluding tert-OH is 1. The van der Waals surface area contributed by atoms with Crippen LogP contribution >= 0.6 is 23.2 Å². The Morgan fingerprint density at radius 3 is 2.79 bits per heavy atom. The second-order valence-corrected chi connectivity index (χ2v) is 5.32. The molecule has 0 saturated heterocycles. The zero-order valence-corrected chi connectivity index (χ0v) is 12.6. The van der Waals surface area contributed by atoms with Crippen LogP contribution in [0.2, 0.25) is 10.0 Å². The Hall–Kier alpha value is -0.740. The molecule has 0 bridgehead atoms. The molecule has 106 valence electrons. The molecule has 0 aliphatic heterocycles. The highest BCUT2D eigenvalue weighted by Gasteiger charge is 2.07. The third-order valence-electron chi connectivity index (χ3n) is 2.36. The van der Waals surface area contributed by atoms with Gasteiger partial charge in [0.1, 0.15) is 18.5 Å². The predicted molar refractivity (Wildman–Crippen MR) is 80.3 cm³/mol. The molecule has 1 unspecified atom stereocenters. The second kappa shape index (κ2) is 8.43. The number of hydrogen-bond acceptors (Lipinski definition) is 3. The van der Waals surface area contributed by atoms with Crippen LogP contribution in [0.5, 0.6) is 5.75 Å². The number of hydrogen-bond donors (Lipinski definition) is 2. The monoisotopic (exact) mass is 303 g/mol. The molecule has 1 aromatic carbocycles. The summed E-state index contributed by atoms with van der Waals surface area (Å²) in [6.45, 7) is 5.45. The minimum atomic E-state index is -0.586. The summed E-state index contributed by atoms with van der Waals surface area (Å²) in [6, 6.07) is 4.99. The summed E-state index contributed by atoms with van der Waals surface area (Å²) in [5, 5.41) is 13.9. The fourth-order valence-corrected chi connectivity index (χ4v) is 1.83. The topological polar surface area (TPSA) is 41.5 Å². The minimum absolute atomic E-state index is 0.184. The Morgan fingerprint density at radius 1 is 1.42 bits per heavy atom. The van der Waals surface area contributed by atoms with E-state index in [1.165, 1.54) is 5.57 Å². The maximum atomic E-state index is 9.74. The van der Waals surface area contributed by atoms with Crippen LogP contribution in [0.15, 0.2) is 29.8 Å². The van der Waals surface area contributed by atoms with E-state index >= 15 is 0 Å². The maximum absolute atomic E-state index is 9.74. The van der Waals surface area contributed by atoms with Gasteiger partial charge < -0.3 is 15.2 Å². The van der Waals surface area contributed by atoms with E-state index in [0.717, 1.165) is 6.54 Å². The van der Waals surface area contributed by atoms with Crippen LogP contribution in [-0.2, 0) is 0 Å². The zero-order chi connectivity index (χ0) is 14.3. The highest BCUT2D eigenvalue weighted by molar-refractivity contribution is 6.35. The van der Waals surface area contributed by atoms with Gasteiger partial charge in [-0.2, -0.15) is 0 Å². The third-order valence-corrected chi connectivity index (χ3v) is 2.89. The molecule has 1 aromatic rings. The van der Waals surface area contributed by atoms with Gasteiger partial charge in [-0.25, -0.2) is 0 Å². The quantitative estimate of drug-likeness (QED) is 0.600. The molecule has 1 atom stereocenters. The summed E-state index contributed by atoms with van der Waals surface area (Å²) >= 11 is 11.7. The molecule has 0 amide bonds. The van der Waals surface area contributed by atoms with Crippen LogP contribution in [0.25, 0.3) is 0 Å². The molecule has 0 aromatic heterocycles. The standard InChI is InChI=1S/C14H19Cl2NO2/c1-10(2)5-6-17-8-12(18)9-19-14-4-3-11(15)7-13(14)16/h3-5,7,12,17-18H,6,8-9H2,1-2H3. The van der Waals surface area contributed by atoms with Crippen molar-refractivity contribution in [3.05, 3.63) is 39.9 Å². The van der Waals surface area contributed by atoms with Gasteiger partial charge in [0.15, 0.2) is 0 Å².